The van der Waals surface area contributed by atoms with Gasteiger partial charge in [-0.2, -0.15) is 5.26 Å². The van der Waals surface area contributed by atoms with Crippen molar-refractivity contribution in [1.29, 1.82) is 5.26 Å². The summed E-state index contributed by atoms with van der Waals surface area (Å²) < 4.78 is 39.2. The number of amides is 1. The molecular weight excluding hydrogens is 923 g/mol. The maximum atomic E-state index is 15.6. The Morgan fingerprint density at radius 2 is 1.60 bits per heavy atom. The number of nitriles is 1. The van der Waals surface area contributed by atoms with Crippen molar-refractivity contribution in [3.8, 4) is 45.9 Å². The average Bonchev–Trinajstić information content (AvgIpc) is 3.92. The maximum Gasteiger partial charge on any atom is 0.254 e. The number of hydrogen-bond donors (Lipinski definition) is 2. The number of carbonyl (C=O) groups is 1. The van der Waals surface area contributed by atoms with Gasteiger partial charge in [0.1, 0.15) is 23.3 Å². The predicted octanol–water partition coefficient (Wildman–Crippen LogP) is 11.2. The molecule has 378 valence electrons. The third kappa shape index (κ3) is 10.6. The fraction of sp³-hybridized carbons (Fsp3) is 0.383. The molecular formula is C60H63N3O10. The van der Waals surface area contributed by atoms with E-state index in [4.69, 9.17) is 38.4 Å². The Balaban J connectivity index is 1.15. The minimum Gasteiger partial charge on any atom is -0.459 e. The molecule has 7 atom stereocenters. The summed E-state index contributed by atoms with van der Waals surface area (Å²) in [7, 11) is 0. The fourth-order valence-corrected chi connectivity index (χ4v) is 11.5. The van der Waals surface area contributed by atoms with Crippen molar-refractivity contribution in [2.24, 2.45) is 22.9 Å². The van der Waals surface area contributed by atoms with Crippen molar-refractivity contribution < 1.29 is 48.3 Å². The largest absolute Gasteiger partial charge is 0.459 e. The normalized spacial score (nSPS) is 24.0. The average molecular weight is 986 g/mol. The van der Waals surface area contributed by atoms with E-state index >= 15 is 4.79 Å². The van der Waals surface area contributed by atoms with Gasteiger partial charge in [-0.1, -0.05) is 78.7 Å². The summed E-state index contributed by atoms with van der Waals surface area (Å²) in [5.74, 6) is 0.457. The molecule has 73 heavy (non-hydrogen) atoms. The highest BCUT2D eigenvalue weighted by atomic mass is 16.8. The molecule has 7 unspecified atom stereocenters. The smallest absolute Gasteiger partial charge is 0.254 e. The number of fused-ring (bicyclic) bond motifs is 3. The molecule has 5 aromatic rings. The zero-order valence-electron chi connectivity index (χ0n) is 41.1. The molecule has 2 aliphatic carbocycles. The highest BCUT2D eigenvalue weighted by Gasteiger charge is 2.65. The number of carbonyl (C=O) groups excluding carboxylic acids is 1. The van der Waals surface area contributed by atoms with Crippen molar-refractivity contribution in [1.82, 2.24) is 4.90 Å². The van der Waals surface area contributed by atoms with E-state index in [0.29, 0.717) is 71.5 Å². The number of allylic oxidation sites excluding steroid dienone is 1. The Morgan fingerprint density at radius 3 is 2.36 bits per heavy atom. The minimum atomic E-state index is -1.53. The number of benzene rings is 5. The van der Waals surface area contributed by atoms with E-state index in [2.05, 4.69) is 49.1 Å². The molecule has 13 nitrogen and oxygen atoms in total. The van der Waals surface area contributed by atoms with Crippen LogP contribution in [-0.4, -0.2) is 78.1 Å². The van der Waals surface area contributed by atoms with Crippen LogP contribution in [-0.2, 0) is 20.9 Å². The minimum absolute atomic E-state index is 0.00658. The lowest BCUT2D eigenvalue weighted by atomic mass is 9.55. The van der Waals surface area contributed by atoms with Gasteiger partial charge in [-0.3, -0.25) is 4.79 Å². The van der Waals surface area contributed by atoms with Crippen LogP contribution >= 0.6 is 0 Å². The van der Waals surface area contributed by atoms with Crippen molar-refractivity contribution in [3.63, 3.8) is 0 Å². The Morgan fingerprint density at radius 1 is 0.849 bits per heavy atom. The van der Waals surface area contributed by atoms with E-state index < -0.39 is 24.0 Å². The molecule has 0 radical (unpaired) electrons. The quantitative estimate of drug-likeness (QED) is 0.0434. The van der Waals surface area contributed by atoms with Crippen LogP contribution in [0.25, 0.3) is 11.1 Å². The van der Waals surface area contributed by atoms with Gasteiger partial charge in [0.15, 0.2) is 11.5 Å². The van der Waals surface area contributed by atoms with Crippen molar-refractivity contribution in [3.05, 3.63) is 162 Å². The highest BCUT2D eigenvalue weighted by Crippen LogP contribution is 2.62. The summed E-state index contributed by atoms with van der Waals surface area (Å²) in [5, 5.41) is 35.0. The van der Waals surface area contributed by atoms with Gasteiger partial charge in [0.05, 0.1) is 36.5 Å². The molecule has 13 heteroatoms. The second-order valence-corrected chi connectivity index (χ2v) is 19.5. The second kappa shape index (κ2) is 22.9. The predicted molar refractivity (Wildman–Crippen MR) is 275 cm³/mol. The lowest BCUT2D eigenvalue weighted by Crippen LogP contribution is -2.70. The van der Waals surface area contributed by atoms with Gasteiger partial charge in [-0.15, -0.1) is 6.58 Å². The molecule has 10 rings (SSSR count). The maximum absolute atomic E-state index is 15.6. The molecule has 1 saturated carbocycles. The number of rotatable bonds is 20. The number of nitrogens with zero attached hydrogens (tertiary/aromatic N) is 3. The molecule has 0 bridgehead atoms. The first-order chi connectivity index (χ1) is 35.9. The first kappa shape index (κ1) is 49.6. The highest BCUT2D eigenvalue weighted by molar-refractivity contribution is 6.03. The van der Waals surface area contributed by atoms with E-state index in [0.717, 1.165) is 66.4 Å². The SMILES string of the molecule is C=CCOC12Oc3ccc(Oc4ccc(-c5ccccc5)cc4)cc3C3C(CCCCO)C(CCCCO)C=C(C(=NOC4CCCCO4)CC1N(Cc1ccc4c(c1)OCO4)C(=O)c1ccc(C#N)cc1)C32. The first-order valence-electron chi connectivity index (χ1n) is 25.8. The van der Waals surface area contributed by atoms with Crippen LogP contribution in [0, 0.1) is 29.1 Å². The van der Waals surface area contributed by atoms with Gasteiger partial charge in [-0.25, -0.2) is 0 Å². The van der Waals surface area contributed by atoms with Crippen LogP contribution in [0.4, 0.5) is 0 Å². The number of aliphatic hydroxyl groups excluding tert-OH is 2. The van der Waals surface area contributed by atoms with Crippen LogP contribution in [0.5, 0.6) is 28.7 Å². The summed E-state index contributed by atoms with van der Waals surface area (Å²) >= 11 is 0. The number of hydrogen-bond acceptors (Lipinski definition) is 12. The van der Waals surface area contributed by atoms with E-state index in [1.54, 1.807) is 30.3 Å². The molecule has 5 aromatic carbocycles. The molecule has 3 aliphatic heterocycles. The summed E-state index contributed by atoms with van der Waals surface area (Å²) in [6.45, 7) is 5.14. The number of aliphatic hydroxyl groups is 2. The number of oxime groups is 1. The number of unbranched alkanes of at least 4 members (excludes halogenated alkanes) is 2. The van der Waals surface area contributed by atoms with Gasteiger partial charge in [0, 0.05) is 49.6 Å². The summed E-state index contributed by atoms with van der Waals surface area (Å²) in [4.78, 5) is 23.8. The van der Waals surface area contributed by atoms with Crippen molar-refractivity contribution in [2.45, 2.75) is 94.8 Å². The lowest BCUT2D eigenvalue weighted by molar-refractivity contribution is -0.255. The zero-order chi connectivity index (χ0) is 50.2. The molecule has 1 amide bonds. The van der Waals surface area contributed by atoms with Gasteiger partial charge in [-0.05, 0) is 139 Å². The van der Waals surface area contributed by atoms with E-state index in [1.807, 2.05) is 65.6 Å². The van der Waals surface area contributed by atoms with Gasteiger partial charge >= 0.3 is 0 Å². The van der Waals surface area contributed by atoms with Crippen LogP contribution in [0.3, 0.4) is 0 Å². The monoisotopic (exact) mass is 985 g/mol. The Hall–Kier alpha value is -6.95. The van der Waals surface area contributed by atoms with Gasteiger partial charge < -0.3 is 48.4 Å². The van der Waals surface area contributed by atoms with Crippen LogP contribution in [0.2, 0.25) is 0 Å². The Kier molecular flexibility index (Phi) is 15.5. The standard InChI is InChI=1S/C60H63N3O10/c1-2-31-70-60-55(63(59(66)44-20-17-40(37-61)18-21-44)38-41-19-27-53-54(33-41)69-39-68-53)36-51(62-73-56-16-8-11-32-67-56)49-34-45(14-6-9-29-64)48(15-7-10-30-65)57(58(49)60)50-35-47(26-28-52(50)72-60)71-46-24-22-43(23-25-46)42-12-4-3-5-13-42/h2-5,12-13,17-28,33-35,45,48,55-58,64-65H,1,6-11,14-16,29-32,36,38-39H2. The molecule has 0 aromatic heterocycles. The molecule has 3 heterocycles. The van der Waals surface area contributed by atoms with E-state index in [9.17, 15) is 15.5 Å². The topological polar surface area (TPSA) is 162 Å². The van der Waals surface area contributed by atoms with Gasteiger partial charge in [0.2, 0.25) is 18.9 Å². The molecule has 2 N–H and O–H groups in total. The van der Waals surface area contributed by atoms with Crippen LogP contribution in [0.15, 0.2) is 145 Å². The summed E-state index contributed by atoms with van der Waals surface area (Å²) in [5.41, 5.74) is 6.30. The van der Waals surface area contributed by atoms with E-state index in [1.165, 1.54) is 0 Å². The molecule has 0 spiro atoms. The summed E-state index contributed by atoms with van der Waals surface area (Å²) in [6.07, 6.45) is 10.7. The molecule has 1 saturated heterocycles. The summed E-state index contributed by atoms with van der Waals surface area (Å²) in [6, 6.07) is 38.0. The third-order valence-corrected chi connectivity index (χ3v) is 14.9. The molecule has 2 fully saturated rings. The fourth-order valence-electron chi connectivity index (χ4n) is 11.5. The first-order valence-corrected chi connectivity index (χ1v) is 25.8. The Labute approximate surface area is 427 Å². The van der Waals surface area contributed by atoms with Crippen LogP contribution < -0.4 is 18.9 Å². The Bertz CT molecular complexity index is 2820. The van der Waals surface area contributed by atoms with Crippen molar-refractivity contribution >= 4 is 11.6 Å². The third-order valence-electron chi connectivity index (χ3n) is 14.9. The lowest BCUT2D eigenvalue weighted by Gasteiger charge is -2.60. The molecule has 5 aliphatic rings. The van der Waals surface area contributed by atoms with Gasteiger partial charge in [0.25, 0.3) is 5.91 Å². The van der Waals surface area contributed by atoms with Crippen molar-refractivity contribution in [2.75, 3.05) is 33.2 Å². The number of ether oxygens (including phenoxy) is 6. The zero-order valence-corrected chi connectivity index (χ0v) is 41.1. The van der Waals surface area contributed by atoms with Crippen LogP contribution in [0.1, 0.15) is 97.2 Å². The second-order valence-electron chi connectivity index (χ2n) is 19.5. The van der Waals surface area contributed by atoms with E-state index in [-0.39, 0.29) is 63.2 Å².